The van der Waals surface area contributed by atoms with Gasteiger partial charge >= 0.3 is 7.60 Å². The van der Waals surface area contributed by atoms with Crippen LogP contribution in [0.1, 0.15) is 5.56 Å². The maximum Gasteiger partial charge on any atom is 0.356 e. The second kappa shape index (κ2) is 8.34. The second-order valence-electron chi connectivity index (χ2n) is 4.10. The minimum atomic E-state index is -3.82. The fourth-order valence-corrected chi connectivity index (χ4v) is 4.00. The molecule has 0 saturated carbocycles. The summed E-state index contributed by atoms with van der Waals surface area (Å²) in [6.07, 6.45) is 2.80. The van der Waals surface area contributed by atoms with Gasteiger partial charge in [0.2, 0.25) is 9.70 Å². The Hall–Kier alpha value is -0.550. The molecule has 0 radical (unpaired) electrons. The van der Waals surface area contributed by atoms with Crippen LogP contribution >= 0.6 is 42.4 Å². The highest BCUT2D eigenvalue weighted by atomic mass is 35.6. The largest absolute Gasteiger partial charge is 0.356 e. The van der Waals surface area contributed by atoms with Crippen molar-refractivity contribution in [3.63, 3.8) is 0 Å². The molecule has 1 N–H and O–H groups in total. The first-order valence-electron chi connectivity index (χ1n) is 6.04. The van der Waals surface area contributed by atoms with Crippen LogP contribution in [0.5, 0.6) is 0 Å². The molecule has 0 heterocycles. The number of hydrogen-bond acceptors (Lipinski definition) is 4. The Morgan fingerprint density at radius 2 is 1.77 bits per heavy atom. The van der Waals surface area contributed by atoms with E-state index in [1.165, 1.54) is 6.08 Å². The highest BCUT2D eigenvalue weighted by Crippen LogP contribution is 2.57. The molecule has 1 aromatic rings. The predicted octanol–water partition coefficient (Wildman–Crippen LogP) is 4.00. The number of nitrogens with one attached hydrogen (secondary N) is 1. The summed E-state index contributed by atoms with van der Waals surface area (Å²) in [6, 6.07) is 9.12. The number of alkyl halides is 3. The van der Waals surface area contributed by atoms with Crippen LogP contribution < -0.4 is 5.32 Å². The zero-order valence-electron chi connectivity index (χ0n) is 11.8. The van der Waals surface area contributed by atoms with E-state index < -0.39 is 23.1 Å². The first kappa shape index (κ1) is 19.5. The third-order valence-electron chi connectivity index (χ3n) is 2.64. The van der Waals surface area contributed by atoms with Crippen molar-refractivity contribution in [2.45, 2.75) is 9.58 Å². The molecule has 22 heavy (non-hydrogen) atoms. The lowest BCUT2D eigenvalue weighted by atomic mass is 10.2. The Morgan fingerprint density at radius 1 is 1.23 bits per heavy atom. The fourth-order valence-electron chi connectivity index (χ4n) is 1.54. The van der Waals surface area contributed by atoms with Crippen LogP contribution in [-0.4, -0.2) is 29.7 Å². The van der Waals surface area contributed by atoms with E-state index >= 15 is 0 Å². The summed E-state index contributed by atoms with van der Waals surface area (Å²) >= 11 is 17.3. The third-order valence-corrected chi connectivity index (χ3v) is 5.92. The van der Waals surface area contributed by atoms with Crippen molar-refractivity contribution in [2.75, 3.05) is 14.2 Å². The van der Waals surface area contributed by atoms with Gasteiger partial charge in [0.05, 0.1) is 0 Å². The van der Waals surface area contributed by atoms with Crippen LogP contribution in [0.3, 0.4) is 0 Å². The lowest BCUT2D eigenvalue weighted by Crippen LogP contribution is -2.43. The molecule has 1 atom stereocenters. The number of halogens is 3. The molecule has 1 aromatic carbocycles. The van der Waals surface area contributed by atoms with Crippen molar-refractivity contribution >= 4 is 54.4 Å². The molecule has 0 aliphatic carbocycles. The normalized spacial score (nSPS) is 14.0. The minimum Gasteiger partial charge on any atom is -0.335 e. The molecule has 0 aliphatic rings. The second-order valence-corrected chi connectivity index (χ2v) is 8.80. The van der Waals surface area contributed by atoms with Gasteiger partial charge in [0.25, 0.3) is 0 Å². The number of carbonyl (C=O) groups is 1. The Balaban J connectivity index is 2.89. The fraction of sp³-hybridized carbons (Fsp3) is 0.308. The first-order valence-corrected chi connectivity index (χ1v) is 8.79. The zero-order valence-corrected chi connectivity index (χ0v) is 15.0. The number of hydrogen-bond donors (Lipinski definition) is 1. The Kier molecular flexibility index (Phi) is 7.39. The molecule has 0 aliphatic heterocycles. The molecule has 1 unspecified atom stereocenters. The molecule has 0 aromatic heterocycles. The minimum absolute atomic E-state index is 0.602. The van der Waals surface area contributed by atoms with Gasteiger partial charge < -0.3 is 14.4 Å². The van der Waals surface area contributed by atoms with E-state index in [9.17, 15) is 9.36 Å². The van der Waals surface area contributed by atoms with Gasteiger partial charge in [-0.25, -0.2) is 0 Å². The predicted molar refractivity (Wildman–Crippen MR) is 89.3 cm³/mol. The van der Waals surface area contributed by atoms with Gasteiger partial charge in [0.1, 0.15) is 0 Å². The summed E-state index contributed by atoms with van der Waals surface area (Å²) in [4.78, 5) is 11.9. The molecule has 122 valence electrons. The van der Waals surface area contributed by atoms with Gasteiger partial charge in [-0.15, -0.1) is 0 Å². The van der Waals surface area contributed by atoms with E-state index in [-0.39, 0.29) is 0 Å². The highest BCUT2D eigenvalue weighted by molar-refractivity contribution is 7.55. The Labute approximate surface area is 144 Å². The van der Waals surface area contributed by atoms with Crippen LogP contribution in [0.15, 0.2) is 36.4 Å². The van der Waals surface area contributed by atoms with Crippen LogP contribution in [0, 0.1) is 0 Å². The van der Waals surface area contributed by atoms with E-state index in [1.807, 2.05) is 30.3 Å². The first-order chi connectivity index (χ1) is 10.2. The summed E-state index contributed by atoms with van der Waals surface area (Å²) in [6.45, 7) is 0. The van der Waals surface area contributed by atoms with E-state index in [2.05, 4.69) is 5.32 Å². The maximum atomic E-state index is 12.4. The van der Waals surface area contributed by atoms with Crippen molar-refractivity contribution in [3.8, 4) is 0 Å². The molecule has 5 nitrogen and oxygen atoms in total. The number of amides is 1. The third kappa shape index (κ3) is 5.58. The summed E-state index contributed by atoms with van der Waals surface area (Å²) < 4.78 is 19.9. The average molecular weight is 387 g/mol. The molecule has 0 bridgehead atoms. The summed E-state index contributed by atoms with van der Waals surface area (Å²) in [5, 5.41) is 2.33. The van der Waals surface area contributed by atoms with Crippen molar-refractivity contribution in [1.82, 2.24) is 5.32 Å². The van der Waals surface area contributed by atoms with Crippen molar-refractivity contribution in [2.24, 2.45) is 0 Å². The van der Waals surface area contributed by atoms with Crippen LogP contribution in [0.4, 0.5) is 0 Å². The van der Waals surface area contributed by atoms with Crippen molar-refractivity contribution in [1.29, 1.82) is 0 Å². The monoisotopic (exact) mass is 385 g/mol. The SMILES string of the molecule is COP(=O)(OC)C(NC(=O)C=Cc1ccccc1)C(Cl)(Cl)Cl. The molecule has 0 spiro atoms. The molecular weight excluding hydrogens is 371 g/mol. The molecular formula is C13H15Cl3NO4P. The van der Waals surface area contributed by atoms with Gasteiger partial charge in [-0.3, -0.25) is 9.36 Å². The summed E-state index contributed by atoms with van der Waals surface area (Å²) in [7, 11) is -1.55. The standard InChI is InChI=1S/C13H15Cl3NO4P/c1-20-22(19,21-2)12(13(14,15)16)17-11(18)9-8-10-6-4-3-5-7-10/h3-9,12H,1-2H3,(H,17,18). The van der Waals surface area contributed by atoms with Crippen molar-refractivity contribution < 1.29 is 18.4 Å². The quantitative estimate of drug-likeness (QED) is 0.456. The smallest absolute Gasteiger partial charge is 0.335 e. The van der Waals surface area contributed by atoms with Gasteiger partial charge in [0, 0.05) is 20.3 Å². The van der Waals surface area contributed by atoms with Crippen LogP contribution in [0.2, 0.25) is 0 Å². The molecule has 0 fully saturated rings. The summed E-state index contributed by atoms with van der Waals surface area (Å²) in [5.74, 6) is -2.05. The topological polar surface area (TPSA) is 64.6 Å². The zero-order chi connectivity index (χ0) is 16.8. The Bertz CT molecular complexity index is 566. The lowest BCUT2D eigenvalue weighted by molar-refractivity contribution is -0.116. The molecule has 9 heteroatoms. The van der Waals surface area contributed by atoms with Crippen LogP contribution in [-0.2, 0) is 18.4 Å². The maximum absolute atomic E-state index is 12.4. The van der Waals surface area contributed by atoms with Crippen molar-refractivity contribution in [3.05, 3.63) is 42.0 Å². The lowest BCUT2D eigenvalue weighted by Gasteiger charge is -2.29. The highest BCUT2D eigenvalue weighted by Gasteiger charge is 2.48. The van der Waals surface area contributed by atoms with Gasteiger partial charge in [-0.2, -0.15) is 0 Å². The van der Waals surface area contributed by atoms with Gasteiger partial charge in [0.15, 0.2) is 5.78 Å². The van der Waals surface area contributed by atoms with E-state index in [0.29, 0.717) is 0 Å². The van der Waals surface area contributed by atoms with Crippen LogP contribution in [0.25, 0.3) is 6.08 Å². The number of carbonyl (C=O) groups excluding carboxylic acids is 1. The molecule has 1 amide bonds. The molecule has 1 rings (SSSR count). The van der Waals surface area contributed by atoms with Gasteiger partial charge in [-0.1, -0.05) is 65.1 Å². The number of benzene rings is 1. The van der Waals surface area contributed by atoms with E-state index in [1.54, 1.807) is 6.08 Å². The Morgan fingerprint density at radius 3 is 2.23 bits per heavy atom. The average Bonchev–Trinajstić information content (AvgIpc) is 2.50. The van der Waals surface area contributed by atoms with E-state index in [4.69, 9.17) is 43.9 Å². The van der Waals surface area contributed by atoms with Gasteiger partial charge in [-0.05, 0) is 11.6 Å². The molecule has 0 saturated heterocycles. The summed E-state index contributed by atoms with van der Waals surface area (Å²) in [5.41, 5.74) is 0.810. The number of rotatable bonds is 6. The van der Waals surface area contributed by atoms with E-state index in [0.717, 1.165) is 19.8 Å².